The minimum absolute atomic E-state index is 0.0260. The second kappa shape index (κ2) is 22.7. The van der Waals surface area contributed by atoms with Crippen LogP contribution < -0.4 is 31.1 Å². The zero-order valence-corrected chi connectivity index (χ0v) is 41.3. The van der Waals surface area contributed by atoms with E-state index in [2.05, 4.69) is 25.7 Å². The van der Waals surface area contributed by atoms with E-state index in [4.69, 9.17) is 19.9 Å². The second-order valence-corrected chi connectivity index (χ2v) is 20.3. The van der Waals surface area contributed by atoms with Gasteiger partial charge in [-0.15, -0.1) is 0 Å². The number of carbonyl (C=O) groups is 5. The Hall–Kier alpha value is -6.21. The van der Waals surface area contributed by atoms with E-state index in [-0.39, 0.29) is 68.7 Å². The van der Waals surface area contributed by atoms with E-state index in [9.17, 15) is 37.5 Å². The lowest BCUT2D eigenvalue weighted by atomic mass is 9.98. The fourth-order valence-corrected chi connectivity index (χ4v) is 10.1. The number of nitrogens with two attached hydrogens (primary N) is 1. The van der Waals surface area contributed by atoms with Crippen molar-refractivity contribution in [3.05, 3.63) is 82.4 Å². The highest BCUT2D eigenvalue weighted by Gasteiger charge is 2.40. The molecule has 1 fully saturated rings. The van der Waals surface area contributed by atoms with E-state index in [0.29, 0.717) is 28.9 Å². The Morgan fingerprint density at radius 3 is 2.13 bits per heavy atom. The van der Waals surface area contributed by atoms with Gasteiger partial charge in [0.05, 0.1) is 24.2 Å². The molecule has 1 heterocycles. The quantitative estimate of drug-likeness (QED) is 0.0507. The van der Waals surface area contributed by atoms with Crippen LogP contribution >= 0.6 is 0 Å². The number of fused-ring (bicyclic) bond motifs is 3. The van der Waals surface area contributed by atoms with Crippen molar-refractivity contribution in [2.45, 2.75) is 128 Å². The van der Waals surface area contributed by atoms with E-state index in [0.717, 1.165) is 22.3 Å². The van der Waals surface area contributed by atoms with Crippen molar-refractivity contribution < 1.29 is 51.7 Å². The van der Waals surface area contributed by atoms with Crippen LogP contribution in [0.2, 0.25) is 0 Å². The minimum atomic E-state index is -4.17. The maximum absolute atomic E-state index is 14.4. The smallest absolute Gasteiger partial charge is 0.407 e. The molecule has 68 heavy (non-hydrogen) atoms. The molecule has 18 nitrogen and oxygen atoms in total. The standard InChI is InChI=1S/C49H67N7O11S/c1-28(2)24-38(46(60)61)52-44(58)40-21-15-23-56(40)45(59)39(27-67-49(6,7)8)53-43(57)37(54-48(62)66-26-36-34-18-12-10-16-32(34)33-17-11-13-19-35(33)36)20-14-22-51-47(50)55-68(63,64)42-29(3)25-41(65-9)30(4)31(42)5/h10-13,16-19,25,28,36-40H,14-15,20-24,26-27H2,1-9H3,(H,52,58)(H,53,57)(H,54,62)(H,60,61)(H3,50,51,55)/t37-,38+,39+,40-/m1/s1. The van der Waals surface area contributed by atoms with Crippen LogP contribution in [-0.4, -0.2) is 117 Å². The first-order valence-corrected chi connectivity index (χ1v) is 24.4. The molecule has 2 aliphatic rings. The van der Waals surface area contributed by atoms with Crippen LogP contribution in [0, 0.1) is 26.7 Å². The molecule has 0 unspecified atom stereocenters. The molecule has 0 bridgehead atoms. The SMILES string of the molecule is COc1cc(C)c(S(=O)(=O)NC(N)=NCCC[C@@H](NC(=O)OCC2c3ccccc3-c3ccccc32)C(=O)N[C@@H](COC(C)(C)C)C(=O)N2CCC[C@@H]2C(=O)N[C@@H](CC(C)C)C(=O)O)c(C)c1C. The van der Waals surface area contributed by atoms with Gasteiger partial charge in [0.25, 0.3) is 10.0 Å². The number of ether oxygens (including phenoxy) is 3. The third kappa shape index (κ3) is 13.3. The van der Waals surface area contributed by atoms with Crippen LogP contribution in [0.15, 0.2) is 64.5 Å². The highest BCUT2D eigenvalue weighted by molar-refractivity contribution is 7.90. The Bertz CT molecular complexity index is 2440. The number of aryl methyl sites for hydroxylation is 1. The largest absolute Gasteiger partial charge is 0.496 e. The lowest BCUT2D eigenvalue weighted by Gasteiger charge is -2.32. The van der Waals surface area contributed by atoms with E-state index < -0.39 is 75.5 Å². The van der Waals surface area contributed by atoms with Crippen LogP contribution in [0.3, 0.4) is 0 Å². The Morgan fingerprint density at radius 2 is 1.54 bits per heavy atom. The lowest BCUT2D eigenvalue weighted by molar-refractivity contribution is -0.146. The van der Waals surface area contributed by atoms with Gasteiger partial charge >= 0.3 is 12.1 Å². The van der Waals surface area contributed by atoms with Crippen molar-refractivity contribution in [1.29, 1.82) is 0 Å². The molecule has 370 valence electrons. The summed E-state index contributed by atoms with van der Waals surface area (Å²) in [7, 11) is -2.67. The molecule has 0 saturated carbocycles. The van der Waals surface area contributed by atoms with Gasteiger partial charge in [0.15, 0.2) is 0 Å². The molecule has 0 spiro atoms. The number of likely N-dealkylation sites (tertiary alicyclic amines) is 1. The summed E-state index contributed by atoms with van der Waals surface area (Å²) in [5, 5.41) is 17.8. The van der Waals surface area contributed by atoms with Crippen molar-refractivity contribution in [1.82, 2.24) is 25.6 Å². The van der Waals surface area contributed by atoms with Crippen molar-refractivity contribution in [2.75, 3.05) is 33.4 Å². The number of nitrogens with one attached hydrogen (secondary N) is 4. The van der Waals surface area contributed by atoms with E-state index in [1.807, 2.05) is 62.4 Å². The monoisotopic (exact) mass is 961 g/mol. The number of aliphatic imine (C=N–C) groups is 1. The summed E-state index contributed by atoms with van der Waals surface area (Å²) in [6.45, 7) is 13.8. The molecule has 19 heteroatoms. The molecule has 1 aliphatic heterocycles. The molecule has 1 saturated heterocycles. The Labute approximate surface area is 399 Å². The number of benzene rings is 3. The summed E-state index contributed by atoms with van der Waals surface area (Å²) in [6, 6.07) is 12.5. The van der Waals surface area contributed by atoms with Gasteiger partial charge in [0, 0.05) is 19.0 Å². The lowest BCUT2D eigenvalue weighted by Crippen LogP contribution is -2.59. The number of carbonyl (C=O) groups excluding carboxylic acids is 4. The highest BCUT2D eigenvalue weighted by atomic mass is 32.2. The Kier molecular flexibility index (Phi) is 17.6. The third-order valence-electron chi connectivity index (χ3n) is 12.0. The first-order chi connectivity index (χ1) is 32.0. The van der Waals surface area contributed by atoms with E-state index >= 15 is 0 Å². The molecule has 4 amide bonds. The number of rotatable bonds is 20. The number of carboxylic acids is 1. The number of aliphatic carboxylic acids is 1. The van der Waals surface area contributed by atoms with Gasteiger partial charge in [-0.05, 0) is 125 Å². The van der Waals surface area contributed by atoms with Crippen LogP contribution in [0.5, 0.6) is 5.75 Å². The molecule has 7 N–H and O–H groups in total. The third-order valence-corrected chi connectivity index (χ3v) is 13.7. The fraction of sp³-hybridized carbons (Fsp3) is 0.510. The Balaban J connectivity index is 1.35. The van der Waals surface area contributed by atoms with Crippen LogP contribution in [0.25, 0.3) is 11.1 Å². The predicted octanol–water partition coefficient (Wildman–Crippen LogP) is 4.81. The van der Waals surface area contributed by atoms with Crippen LogP contribution in [0.4, 0.5) is 4.79 Å². The molecule has 0 radical (unpaired) electrons. The van der Waals surface area contributed by atoms with Crippen LogP contribution in [-0.2, 0) is 38.7 Å². The number of carboxylic acid groups (broad SMARTS) is 1. The molecule has 5 rings (SSSR count). The maximum atomic E-state index is 14.4. The molecule has 1 aliphatic carbocycles. The summed E-state index contributed by atoms with van der Waals surface area (Å²) in [5.74, 6) is -3.35. The van der Waals surface area contributed by atoms with Crippen LogP contribution in [0.1, 0.15) is 100 Å². The molecule has 3 aromatic rings. The number of guanidine groups is 1. The Morgan fingerprint density at radius 1 is 0.912 bits per heavy atom. The van der Waals surface area contributed by atoms with Gasteiger partial charge in [-0.3, -0.25) is 19.4 Å². The molecule has 0 aromatic heterocycles. The van der Waals surface area contributed by atoms with Gasteiger partial charge in [0.2, 0.25) is 23.7 Å². The minimum Gasteiger partial charge on any atom is -0.496 e. The summed E-state index contributed by atoms with van der Waals surface area (Å²) < 4.78 is 46.5. The number of nitrogens with zero attached hydrogens (tertiary/aromatic N) is 2. The summed E-state index contributed by atoms with van der Waals surface area (Å²) in [6.07, 6.45) is 0.0688. The summed E-state index contributed by atoms with van der Waals surface area (Å²) >= 11 is 0. The predicted molar refractivity (Wildman–Crippen MR) is 257 cm³/mol. The van der Waals surface area contributed by atoms with Gasteiger partial charge < -0.3 is 45.9 Å². The second-order valence-electron chi connectivity index (χ2n) is 18.7. The normalized spacial score (nSPS) is 16.3. The zero-order chi connectivity index (χ0) is 50.1. The van der Waals surface area contributed by atoms with E-state index in [1.165, 1.54) is 12.0 Å². The van der Waals surface area contributed by atoms with Gasteiger partial charge in [0.1, 0.15) is 36.5 Å². The average Bonchev–Trinajstić information content (AvgIpc) is 3.89. The van der Waals surface area contributed by atoms with Gasteiger partial charge in [-0.1, -0.05) is 62.4 Å². The molecule has 3 aromatic carbocycles. The van der Waals surface area contributed by atoms with Crippen molar-refractivity contribution in [3.8, 4) is 16.9 Å². The van der Waals surface area contributed by atoms with Crippen molar-refractivity contribution >= 4 is 45.8 Å². The van der Waals surface area contributed by atoms with E-state index in [1.54, 1.807) is 47.6 Å². The summed E-state index contributed by atoms with van der Waals surface area (Å²) in [4.78, 5) is 73.5. The van der Waals surface area contributed by atoms with Crippen molar-refractivity contribution in [2.24, 2.45) is 16.6 Å². The molecule has 4 atom stereocenters. The van der Waals surface area contributed by atoms with Crippen molar-refractivity contribution in [3.63, 3.8) is 0 Å². The number of sulfonamides is 1. The van der Waals surface area contributed by atoms with Gasteiger partial charge in [-0.2, -0.15) is 0 Å². The maximum Gasteiger partial charge on any atom is 0.407 e. The van der Waals surface area contributed by atoms with Gasteiger partial charge in [-0.25, -0.2) is 22.7 Å². The molecular formula is C49H67N7O11S. The number of alkyl carbamates (subject to hydrolysis) is 1. The highest BCUT2D eigenvalue weighted by Crippen LogP contribution is 2.44. The number of hydrogen-bond acceptors (Lipinski definition) is 11. The first-order valence-electron chi connectivity index (χ1n) is 22.9. The molecular weight excluding hydrogens is 895 g/mol. The number of amides is 4. The zero-order valence-electron chi connectivity index (χ0n) is 40.4. The number of hydrogen-bond donors (Lipinski definition) is 6. The summed E-state index contributed by atoms with van der Waals surface area (Å²) in [5.41, 5.74) is 11.0. The fourth-order valence-electron chi connectivity index (χ4n) is 8.66. The topological polar surface area (TPSA) is 257 Å². The first kappa shape index (κ1) is 52.8. The number of methoxy groups -OCH3 is 1. The average molecular weight is 962 g/mol.